The zero-order valence-corrected chi connectivity index (χ0v) is 11.0. The van der Waals surface area contributed by atoms with Gasteiger partial charge >= 0.3 is 0 Å². The van der Waals surface area contributed by atoms with E-state index in [0.29, 0.717) is 18.0 Å². The van der Waals surface area contributed by atoms with E-state index >= 15 is 0 Å². The van der Waals surface area contributed by atoms with Crippen molar-refractivity contribution in [1.29, 1.82) is 0 Å². The third-order valence-electron chi connectivity index (χ3n) is 3.69. The summed E-state index contributed by atoms with van der Waals surface area (Å²) in [6.45, 7) is 3.81. The summed E-state index contributed by atoms with van der Waals surface area (Å²) in [6, 6.07) is 7.88. The Bertz CT molecular complexity index is 587. The maximum absolute atomic E-state index is 5.75. The van der Waals surface area contributed by atoms with Gasteiger partial charge in [-0.1, -0.05) is 12.1 Å². The molecule has 2 unspecified atom stereocenters. The topological polar surface area (TPSA) is 73.1 Å². The molecule has 1 saturated heterocycles. The number of ether oxygens (including phenoxy) is 1. The van der Waals surface area contributed by atoms with Crippen molar-refractivity contribution in [2.45, 2.75) is 19.4 Å². The summed E-state index contributed by atoms with van der Waals surface area (Å²) in [4.78, 5) is 8.54. The van der Waals surface area contributed by atoms with Crippen LogP contribution in [0.4, 0.5) is 11.8 Å². The van der Waals surface area contributed by atoms with Crippen molar-refractivity contribution in [2.75, 3.05) is 24.2 Å². The number of fused-ring (bicyclic) bond motifs is 1. The van der Waals surface area contributed by atoms with Crippen LogP contribution >= 0.6 is 0 Å². The molecule has 3 rings (SSSR count). The van der Waals surface area contributed by atoms with Crippen molar-refractivity contribution in [3.63, 3.8) is 0 Å². The van der Waals surface area contributed by atoms with Gasteiger partial charge in [0.25, 0.3) is 0 Å². The highest BCUT2D eigenvalue weighted by atomic mass is 16.5. The predicted octanol–water partition coefficient (Wildman–Crippen LogP) is 2.05. The molecule has 0 spiro atoms. The molecule has 0 saturated carbocycles. The smallest absolute Gasteiger partial charge is 0.222 e. The number of rotatable bonds is 3. The van der Waals surface area contributed by atoms with Gasteiger partial charge in [0.2, 0.25) is 5.95 Å². The largest absolute Gasteiger partial charge is 0.378 e. The number of hydrogen-bond donors (Lipinski definition) is 2. The van der Waals surface area contributed by atoms with Gasteiger partial charge < -0.3 is 15.8 Å². The molecule has 1 aliphatic heterocycles. The summed E-state index contributed by atoms with van der Waals surface area (Å²) in [6.07, 6.45) is 1.39. The van der Waals surface area contributed by atoms with Gasteiger partial charge in [-0.3, -0.25) is 0 Å². The zero-order chi connectivity index (χ0) is 13.2. The van der Waals surface area contributed by atoms with E-state index < -0.39 is 0 Å². The van der Waals surface area contributed by atoms with Crippen molar-refractivity contribution < 1.29 is 4.74 Å². The van der Waals surface area contributed by atoms with E-state index in [1.807, 2.05) is 24.3 Å². The molecule has 100 valence electrons. The predicted molar refractivity (Wildman–Crippen MR) is 76.0 cm³/mol. The van der Waals surface area contributed by atoms with Gasteiger partial charge in [-0.05, 0) is 25.5 Å². The van der Waals surface area contributed by atoms with Crippen LogP contribution in [0.15, 0.2) is 24.3 Å². The first kappa shape index (κ1) is 12.2. The molecule has 0 aliphatic carbocycles. The van der Waals surface area contributed by atoms with Gasteiger partial charge in [0.15, 0.2) is 0 Å². The molecule has 5 heteroatoms. The van der Waals surface area contributed by atoms with Crippen LogP contribution in [-0.4, -0.2) is 29.2 Å². The number of nitrogens with zero attached hydrogens (tertiary/aromatic N) is 2. The van der Waals surface area contributed by atoms with Crippen molar-refractivity contribution in [2.24, 2.45) is 5.92 Å². The maximum Gasteiger partial charge on any atom is 0.222 e. The Labute approximate surface area is 112 Å². The van der Waals surface area contributed by atoms with E-state index in [0.717, 1.165) is 36.3 Å². The Morgan fingerprint density at radius 1 is 1.37 bits per heavy atom. The summed E-state index contributed by atoms with van der Waals surface area (Å²) in [7, 11) is 0. The van der Waals surface area contributed by atoms with Gasteiger partial charge in [0.1, 0.15) is 5.82 Å². The summed E-state index contributed by atoms with van der Waals surface area (Å²) >= 11 is 0. The summed E-state index contributed by atoms with van der Waals surface area (Å²) in [5.74, 6) is 1.63. The summed E-state index contributed by atoms with van der Waals surface area (Å²) in [5.41, 5.74) is 6.62. The molecule has 0 bridgehead atoms. The van der Waals surface area contributed by atoms with Crippen LogP contribution in [0.25, 0.3) is 10.9 Å². The lowest BCUT2D eigenvalue weighted by Gasteiger charge is -2.16. The number of benzene rings is 1. The second kappa shape index (κ2) is 5.01. The van der Waals surface area contributed by atoms with E-state index in [1.165, 1.54) is 0 Å². The number of nitrogens with one attached hydrogen (secondary N) is 1. The van der Waals surface area contributed by atoms with Crippen molar-refractivity contribution >= 4 is 22.7 Å². The molecule has 1 fully saturated rings. The zero-order valence-electron chi connectivity index (χ0n) is 11.0. The molecule has 0 radical (unpaired) electrons. The number of nitrogen functional groups attached to an aromatic ring is 1. The first-order valence-electron chi connectivity index (χ1n) is 6.62. The third-order valence-corrected chi connectivity index (χ3v) is 3.69. The van der Waals surface area contributed by atoms with Gasteiger partial charge in [-0.25, -0.2) is 4.98 Å². The minimum Gasteiger partial charge on any atom is -0.378 e. The maximum atomic E-state index is 5.75. The molecule has 2 atom stereocenters. The monoisotopic (exact) mass is 258 g/mol. The molecule has 1 aromatic carbocycles. The standard InChI is InChI=1S/C14H18N4O/c1-9-10(6-7-19-9)8-16-13-11-4-2-3-5-12(11)17-14(15)18-13/h2-5,9-10H,6-8H2,1H3,(H3,15,16,17,18). The van der Waals surface area contributed by atoms with Crippen LogP contribution in [0.1, 0.15) is 13.3 Å². The lowest BCUT2D eigenvalue weighted by molar-refractivity contribution is 0.108. The van der Waals surface area contributed by atoms with Crippen molar-refractivity contribution in [3.8, 4) is 0 Å². The highest BCUT2D eigenvalue weighted by Crippen LogP contribution is 2.24. The van der Waals surface area contributed by atoms with Crippen LogP contribution in [-0.2, 0) is 4.74 Å². The van der Waals surface area contributed by atoms with Crippen molar-refractivity contribution in [1.82, 2.24) is 9.97 Å². The fourth-order valence-electron chi connectivity index (χ4n) is 2.50. The highest BCUT2D eigenvalue weighted by Gasteiger charge is 2.24. The third kappa shape index (κ3) is 2.46. The molecule has 2 aromatic rings. The van der Waals surface area contributed by atoms with Gasteiger partial charge in [-0.2, -0.15) is 4.98 Å². The van der Waals surface area contributed by atoms with Crippen LogP contribution in [0, 0.1) is 5.92 Å². The minimum absolute atomic E-state index is 0.303. The fraction of sp³-hybridized carbons (Fsp3) is 0.429. The second-order valence-corrected chi connectivity index (χ2v) is 4.95. The molecule has 2 heterocycles. The van der Waals surface area contributed by atoms with E-state index in [2.05, 4.69) is 22.2 Å². The number of anilines is 2. The highest BCUT2D eigenvalue weighted by molar-refractivity contribution is 5.89. The quantitative estimate of drug-likeness (QED) is 0.881. The van der Waals surface area contributed by atoms with E-state index in [9.17, 15) is 0 Å². The molecule has 0 amide bonds. The van der Waals surface area contributed by atoms with Crippen LogP contribution in [0.2, 0.25) is 0 Å². The van der Waals surface area contributed by atoms with Gasteiger partial charge in [0.05, 0.1) is 11.6 Å². The Balaban J connectivity index is 1.84. The number of aromatic nitrogens is 2. The lowest BCUT2D eigenvalue weighted by atomic mass is 10.0. The average Bonchev–Trinajstić information content (AvgIpc) is 2.81. The number of para-hydroxylation sites is 1. The van der Waals surface area contributed by atoms with Crippen LogP contribution in [0.5, 0.6) is 0 Å². The molecule has 5 nitrogen and oxygen atoms in total. The van der Waals surface area contributed by atoms with Crippen molar-refractivity contribution in [3.05, 3.63) is 24.3 Å². The Kier molecular flexibility index (Phi) is 3.21. The molecule has 1 aliphatic rings. The average molecular weight is 258 g/mol. The van der Waals surface area contributed by atoms with E-state index in [1.54, 1.807) is 0 Å². The minimum atomic E-state index is 0.303. The molecular weight excluding hydrogens is 240 g/mol. The summed E-state index contributed by atoms with van der Waals surface area (Å²) < 4.78 is 5.57. The molecule has 3 N–H and O–H groups in total. The van der Waals surface area contributed by atoms with Gasteiger partial charge in [0, 0.05) is 24.5 Å². The van der Waals surface area contributed by atoms with Crippen LogP contribution in [0.3, 0.4) is 0 Å². The lowest BCUT2D eigenvalue weighted by Crippen LogP contribution is -2.21. The van der Waals surface area contributed by atoms with E-state index in [-0.39, 0.29) is 0 Å². The van der Waals surface area contributed by atoms with Gasteiger partial charge in [-0.15, -0.1) is 0 Å². The normalized spacial score (nSPS) is 22.8. The molecule has 19 heavy (non-hydrogen) atoms. The Morgan fingerprint density at radius 3 is 3.00 bits per heavy atom. The molecule has 1 aromatic heterocycles. The van der Waals surface area contributed by atoms with Crippen LogP contribution < -0.4 is 11.1 Å². The Hall–Kier alpha value is -1.88. The molecular formula is C14H18N4O. The summed E-state index contributed by atoms with van der Waals surface area (Å²) in [5, 5.41) is 4.39. The Morgan fingerprint density at radius 2 is 2.21 bits per heavy atom. The first-order chi connectivity index (χ1) is 9.24. The fourth-order valence-corrected chi connectivity index (χ4v) is 2.50. The number of nitrogens with two attached hydrogens (primary N) is 1. The second-order valence-electron chi connectivity index (χ2n) is 4.95. The van der Waals surface area contributed by atoms with E-state index in [4.69, 9.17) is 10.5 Å². The number of hydrogen-bond acceptors (Lipinski definition) is 5. The SMILES string of the molecule is CC1OCCC1CNc1nc(N)nc2ccccc12. The first-order valence-corrected chi connectivity index (χ1v) is 6.62.